The fourth-order valence-electron chi connectivity index (χ4n) is 4.05. The van der Waals surface area contributed by atoms with Gasteiger partial charge in [-0.05, 0) is 57.0 Å². The van der Waals surface area contributed by atoms with Crippen molar-refractivity contribution in [3.63, 3.8) is 0 Å². The topological polar surface area (TPSA) is 49.8 Å². The third-order valence-corrected chi connectivity index (χ3v) is 5.52. The molecule has 1 aliphatic heterocycles. The maximum absolute atomic E-state index is 12.0. The molecule has 0 aromatic heterocycles. The van der Waals surface area contributed by atoms with Crippen LogP contribution < -0.4 is 9.64 Å². The van der Waals surface area contributed by atoms with Crippen LogP contribution in [-0.4, -0.2) is 24.2 Å². The number of aryl methyl sites for hydroxylation is 1. The van der Waals surface area contributed by atoms with Gasteiger partial charge in [-0.2, -0.15) is 0 Å². The summed E-state index contributed by atoms with van der Waals surface area (Å²) < 4.78 is 6.27. The van der Waals surface area contributed by atoms with Crippen molar-refractivity contribution in [3.05, 3.63) is 88.2 Å². The van der Waals surface area contributed by atoms with Crippen LogP contribution in [0, 0.1) is 6.92 Å². The molecule has 0 amide bonds. The van der Waals surface area contributed by atoms with Gasteiger partial charge in [-0.3, -0.25) is 0 Å². The molecule has 0 spiro atoms. The monoisotopic (exact) mass is 387 g/mol. The Labute approximate surface area is 171 Å². The number of allylic oxidation sites excluding steroid dienone is 3. The van der Waals surface area contributed by atoms with Crippen LogP contribution in [0.2, 0.25) is 0 Å². The third-order valence-electron chi connectivity index (χ3n) is 5.52. The first-order chi connectivity index (χ1) is 14.0. The molecule has 1 N–H and O–H groups in total. The van der Waals surface area contributed by atoms with Gasteiger partial charge in [-0.15, -0.1) is 0 Å². The van der Waals surface area contributed by atoms with Crippen molar-refractivity contribution >= 4 is 17.2 Å². The molecule has 4 rings (SSSR count). The number of hydrogen-bond acceptors (Lipinski definition) is 3. The van der Waals surface area contributed by atoms with Gasteiger partial charge in [-0.1, -0.05) is 29.8 Å². The van der Waals surface area contributed by atoms with E-state index in [4.69, 9.17) is 4.74 Å². The molecule has 0 saturated heterocycles. The number of nitrogens with zero attached hydrogens (tertiary/aromatic N) is 1. The number of rotatable bonds is 5. The van der Waals surface area contributed by atoms with Crippen LogP contribution in [-0.2, 0) is 0 Å². The molecule has 1 aliphatic carbocycles. The fourth-order valence-corrected chi connectivity index (χ4v) is 4.05. The summed E-state index contributed by atoms with van der Waals surface area (Å²) in [6.45, 7) is 8.00. The molecule has 4 heteroatoms. The lowest BCUT2D eigenvalue weighted by Gasteiger charge is -2.29. The average Bonchev–Trinajstić information content (AvgIpc) is 2.73. The Kier molecular flexibility index (Phi) is 5.01. The molecule has 1 heterocycles. The summed E-state index contributed by atoms with van der Waals surface area (Å²) in [5, 5.41) is 9.85. The van der Waals surface area contributed by atoms with Gasteiger partial charge in [0.2, 0.25) is 0 Å². The number of hydrogen-bond donors (Lipinski definition) is 1. The number of benzene rings is 2. The maximum Gasteiger partial charge on any atom is 0.336 e. The molecular formula is C25H25NO3. The quantitative estimate of drug-likeness (QED) is 0.728. The minimum absolute atomic E-state index is 0.312. The average molecular weight is 387 g/mol. The maximum atomic E-state index is 12.0. The Bertz CT molecular complexity index is 1070. The van der Waals surface area contributed by atoms with E-state index in [1.165, 1.54) is 0 Å². The van der Waals surface area contributed by atoms with Crippen molar-refractivity contribution < 1.29 is 14.6 Å². The van der Waals surface area contributed by atoms with Crippen molar-refractivity contribution in [1.29, 1.82) is 0 Å². The first-order valence-corrected chi connectivity index (χ1v) is 10.1. The van der Waals surface area contributed by atoms with E-state index in [2.05, 4.69) is 49.1 Å². The van der Waals surface area contributed by atoms with E-state index in [0.717, 1.165) is 64.5 Å². The number of aromatic carboxylic acids is 1. The Hall–Kier alpha value is -3.27. The molecule has 0 atom stereocenters. The molecule has 4 nitrogen and oxygen atoms in total. The Morgan fingerprint density at radius 2 is 1.86 bits per heavy atom. The minimum atomic E-state index is -0.921. The number of anilines is 1. The van der Waals surface area contributed by atoms with Gasteiger partial charge in [0.1, 0.15) is 11.5 Å². The number of carboxylic acid groups (broad SMARTS) is 1. The summed E-state index contributed by atoms with van der Waals surface area (Å²) >= 11 is 0. The summed E-state index contributed by atoms with van der Waals surface area (Å²) in [4.78, 5) is 14.3. The first-order valence-electron chi connectivity index (χ1n) is 10.1. The molecule has 0 bridgehead atoms. The van der Waals surface area contributed by atoms with Gasteiger partial charge >= 0.3 is 5.97 Å². The summed E-state index contributed by atoms with van der Waals surface area (Å²) in [5.74, 6) is 0.644. The van der Waals surface area contributed by atoms with E-state index in [9.17, 15) is 9.90 Å². The first kappa shape index (κ1) is 19.1. The smallest absolute Gasteiger partial charge is 0.336 e. The van der Waals surface area contributed by atoms with Crippen molar-refractivity contribution in [3.8, 4) is 5.75 Å². The SMILES string of the molecule is CCN(CC)c1ccc2c(c1)OC1=CCC=CC1=C2c1ccc(C)cc1C(=O)O. The van der Waals surface area contributed by atoms with E-state index in [0.29, 0.717) is 5.56 Å². The van der Waals surface area contributed by atoms with Gasteiger partial charge in [0.05, 0.1) is 5.56 Å². The van der Waals surface area contributed by atoms with E-state index >= 15 is 0 Å². The summed E-state index contributed by atoms with van der Waals surface area (Å²) in [5.41, 5.74) is 5.83. The Balaban J connectivity index is 1.97. The van der Waals surface area contributed by atoms with Crippen molar-refractivity contribution in [2.45, 2.75) is 27.2 Å². The highest BCUT2D eigenvalue weighted by molar-refractivity contribution is 6.00. The molecule has 29 heavy (non-hydrogen) atoms. The molecule has 148 valence electrons. The second-order valence-corrected chi connectivity index (χ2v) is 7.30. The fraction of sp³-hybridized carbons (Fsp3) is 0.240. The number of carbonyl (C=O) groups is 1. The predicted molar refractivity (Wildman–Crippen MR) is 117 cm³/mol. The Morgan fingerprint density at radius 3 is 2.59 bits per heavy atom. The highest BCUT2D eigenvalue weighted by Crippen LogP contribution is 2.45. The van der Waals surface area contributed by atoms with Gasteiger partial charge in [0.15, 0.2) is 0 Å². The largest absolute Gasteiger partial charge is 0.478 e. The highest BCUT2D eigenvalue weighted by atomic mass is 16.5. The van der Waals surface area contributed by atoms with Crippen LogP contribution in [0.3, 0.4) is 0 Å². The summed E-state index contributed by atoms with van der Waals surface area (Å²) in [6, 6.07) is 11.8. The highest BCUT2D eigenvalue weighted by Gasteiger charge is 2.28. The molecular weight excluding hydrogens is 362 g/mol. The molecule has 2 aromatic rings. The predicted octanol–water partition coefficient (Wildman–Crippen LogP) is 5.58. The van der Waals surface area contributed by atoms with Gasteiger partial charge in [0, 0.05) is 41.6 Å². The summed E-state index contributed by atoms with van der Waals surface area (Å²) in [6.07, 6.45) is 6.97. The van der Waals surface area contributed by atoms with E-state index in [-0.39, 0.29) is 0 Å². The van der Waals surface area contributed by atoms with Crippen LogP contribution in [0.5, 0.6) is 5.75 Å². The molecule has 0 unspecified atom stereocenters. The lowest BCUT2D eigenvalue weighted by atomic mass is 9.85. The minimum Gasteiger partial charge on any atom is -0.478 e. The lowest BCUT2D eigenvalue weighted by molar-refractivity contribution is 0.0696. The van der Waals surface area contributed by atoms with Crippen molar-refractivity contribution in [1.82, 2.24) is 0 Å². The lowest BCUT2D eigenvalue weighted by Crippen LogP contribution is -2.22. The summed E-state index contributed by atoms with van der Waals surface area (Å²) in [7, 11) is 0. The van der Waals surface area contributed by atoms with Gasteiger partial charge in [0.25, 0.3) is 0 Å². The second-order valence-electron chi connectivity index (χ2n) is 7.30. The van der Waals surface area contributed by atoms with E-state index in [1.807, 2.05) is 25.1 Å². The van der Waals surface area contributed by atoms with E-state index in [1.54, 1.807) is 6.07 Å². The zero-order chi connectivity index (χ0) is 20.5. The molecule has 0 fully saturated rings. The number of carboxylic acids is 1. The van der Waals surface area contributed by atoms with Crippen LogP contribution >= 0.6 is 0 Å². The van der Waals surface area contributed by atoms with Crippen LogP contribution in [0.4, 0.5) is 5.69 Å². The van der Waals surface area contributed by atoms with Crippen molar-refractivity contribution in [2.75, 3.05) is 18.0 Å². The van der Waals surface area contributed by atoms with Gasteiger partial charge < -0.3 is 14.7 Å². The van der Waals surface area contributed by atoms with Crippen LogP contribution in [0.1, 0.15) is 47.3 Å². The zero-order valence-electron chi connectivity index (χ0n) is 17.0. The van der Waals surface area contributed by atoms with Gasteiger partial charge in [-0.25, -0.2) is 4.79 Å². The normalized spacial score (nSPS) is 14.7. The Morgan fingerprint density at radius 1 is 1.10 bits per heavy atom. The number of fused-ring (bicyclic) bond motifs is 2. The molecule has 0 radical (unpaired) electrons. The van der Waals surface area contributed by atoms with Crippen molar-refractivity contribution in [2.24, 2.45) is 0 Å². The molecule has 0 saturated carbocycles. The van der Waals surface area contributed by atoms with E-state index < -0.39 is 5.97 Å². The van der Waals surface area contributed by atoms with Crippen LogP contribution in [0.15, 0.2) is 66.0 Å². The molecule has 2 aliphatic rings. The van der Waals surface area contributed by atoms with Crippen LogP contribution in [0.25, 0.3) is 5.57 Å². The zero-order valence-corrected chi connectivity index (χ0v) is 17.0. The molecule has 2 aromatic carbocycles. The standard InChI is InChI=1S/C25H25NO3/c1-4-26(5-2)17-11-13-20-23(15-17)29-22-9-7-6-8-19(22)24(20)18-12-10-16(3)14-21(18)25(27)28/h6,8-15H,4-5,7H2,1-3H3,(H,27,28). The third kappa shape index (κ3) is 3.35. The number of ether oxygens (including phenoxy) is 1. The second kappa shape index (κ2) is 7.63.